The van der Waals surface area contributed by atoms with E-state index < -0.39 is 5.41 Å². The third-order valence-electron chi connectivity index (χ3n) is 6.13. The molecule has 0 atom stereocenters. The zero-order chi connectivity index (χ0) is 24.1. The van der Waals surface area contributed by atoms with E-state index in [2.05, 4.69) is 22.4 Å². The van der Waals surface area contributed by atoms with Crippen molar-refractivity contribution in [2.75, 3.05) is 13.1 Å². The Bertz CT molecular complexity index is 1130. The summed E-state index contributed by atoms with van der Waals surface area (Å²) >= 11 is 0. The average Bonchev–Trinajstić information content (AvgIpc) is 3.19. The van der Waals surface area contributed by atoms with E-state index in [4.69, 9.17) is 5.10 Å². The first-order chi connectivity index (χ1) is 16.3. The molecule has 7 heteroatoms. The SMILES string of the molecule is CC(C)(C)C(=O)N1CCc2c(c(C(=O)NCCCc3ccccc3)nn2Cc2ccncc2)C1. The number of aromatic nitrogens is 3. The van der Waals surface area contributed by atoms with Crippen LogP contribution in [0.4, 0.5) is 0 Å². The van der Waals surface area contributed by atoms with E-state index in [1.54, 1.807) is 12.4 Å². The smallest absolute Gasteiger partial charge is 0.272 e. The number of benzene rings is 1. The molecule has 0 fully saturated rings. The molecular formula is C27H33N5O2. The van der Waals surface area contributed by atoms with Crippen LogP contribution in [0.5, 0.6) is 0 Å². The van der Waals surface area contributed by atoms with Crippen molar-refractivity contribution in [2.24, 2.45) is 5.41 Å². The molecule has 2 amide bonds. The molecule has 2 aromatic heterocycles. The van der Waals surface area contributed by atoms with Gasteiger partial charge in [0.25, 0.3) is 5.91 Å². The second-order valence-electron chi connectivity index (χ2n) is 9.86. The summed E-state index contributed by atoms with van der Waals surface area (Å²) in [6.45, 7) is 7.97. The summed E-state index contributed by atoms with van der Waals surface area (Å²) in [6.07, 6.45) is 5.95. The minimum atomic E-state index is -0.468. The quantitative estimate of drug-likeness (QED) is 0.547. The van der Waals surface area contributed by atoms with Gasteiger partial charge in [-0.2, -0.15) is 5.10 Å². The van der Waals surface area contributed by atoms with Gasteiger partial charge < -0.3 is 10.2 Å². The van der Waals surface area contributed by atoms with Gasteiger partial charge in [0.2, 0.25) is 5.91 Å². The molecule has 0 spiro atoms. The molecule has 1 aliphatic heterocycles. The van der Waals surface area contributed by atoms with E-state index in [1.165, 1.54) is 5.56 Å². The Morgan fingerprint density at radius 1 is 1.03 bits per heavy atom. The summed E-state index contributed by atoms with van der Waals surface area (Å²) in [4.78, 5) is 32.1. The van der Waals surface area contributed by atoms with E-state index in [0.717, 1.165) is 29.7 Å². The molecule has 178 valence electrons. The molecule has 34 heavy (non-hydrogen) atoms. The van der Waals surface area contributed by atoms with Crippen molar-refractivity contribution in [3.05, 3.63) is 82.9 Å². The number of carbonyl (C=O) groups excluding carboxylic acids is 2. The van der Waals surface area contributed by atoms with Gasteiger partial charge in [-0.1, -0.05) is 51.1 Å². The monoisotopic (exact) mass is 459 g/mol. The van der Waals surface area contributed by atoms with Gasteiger partial charge in [0, 0.05) is 55.1 Å². The molecule has 4 rings (SSSR count). The van der Waals surface area contributed by atoms with Crippen LogP contribution < -0.4 is 5.32 Å². The van der Waals surface area contributed by atoms with Crippen LogP contribution in [-0.2, 0) is 30.7 Å². The summed E-state index contributed by atoms with van der Waals surface area (Å²) in [5, 5.41) is 7.77. The zero-order valence-electron chi connectivity index (χ0n) is 20.3. The summed E-state index contributed by atoms with van der Waals surface area (Å²) < 4.78 is 1.92. The highest BCUT2D eigenvalue weighted by molar-refractivity contribution is 5.94. The van der Waals surface area contributed by atoms with Crippen LogP contribution in [0.15, 0.2) is 54.9 Å². The minimum absolute atomic E-state index is 0.0919. The lowest BCUT2D eigenvalue weighted by Crippen LogP contribution is -2.43. The number of pyridine rings is 1. The molecule has 0 saturated carbocycles. The van der Waals surface area contributed by atoms with Crippen LogP contribution in [0.1, 0.15) is 60.1 Å². The van der Waals surface area contributed by atoms with Crippen molar-refractivity contribution in [1.82, 2.24) is 25.0 Å². The maximum Gasteiger partial charge on any atom is 0.272 e. The number of amides is 2. The largest absolute Gasteiger partial charge is 0.351 e. The molecule has 0 radical (unpaired) electrons. The van der Waals surface area contributed by atoms with Crippen molar-refractivity contribution in [3.8, 4) is 0 Å². The molecule has 0 bridgehead atoms. The van der Waals surface area contributed by atoms with Gasteiger partial charge in [0.05, 0.1) is 6.54 Å². The summed E-state index contributed by atoms with van der Waals surface area (Å²) in [6, 6.07) is 14.2. The van der Waals surface area contributed by atoms with E-state index in [0.29, 0.717) is 38.3 Å². The maximum absolute atomic E-state index is 13.2. The minimum Gasteiger partial charge on any atom is -0.351 e. The van der Waals surface area contributed by atoms with Crippen molar-refractivity contribution in [3.63, 3.8) is 0 Å². The molecule has 0 aliphatic carbocycles. The summed E-state index contributed by atoms with van der Waals surface area (Å²) in [5.74, 6) is -0.0860. The van der Waals surface area contributed by atoms with Crippen molar-refractivity contribution in [2.45, 2.75) is 53.1 Å². The Balaban J connectivity index is 1.52. The van der Waals surface area contributed by atoms with Gasteiger partial charge in [-0.25, -0.2) is 0 Å². The number of nitrogens with zero attached hydrogens (tertiary/aromatic N) is 4. The Kier molecular flexibility index (Phi) is 7.10. The Morgan fingerprint density at radius 3 is 2.47 bits per heavy atom. The van der Waals surface area contributed by atoms with E-state index in [-0.39, 0.29) is 11.8 Å². The lowest BCUT2D eigenvalue weighted by atomic mass is 9.93. The number of fused-ring (bicyclic) bond motifs is 1. The summed E-state index contributed by atoms with van der Waals surface area (Å²) in [5.41, 5.74) is 4.18. The van der Waals surface area contributed by atoms with Crippen molar-refractivity contribution in [1.29, 1.82) is 0 Å². The number of carbonyl (C=O) groups is 2. The predicted molar refractivity (Wildman–Crippen MR) is 131 cm³/mol. The average molecular weight is 460 g/mol. The van der Waals surface area contributed by atoms with Gasteiger partial charge in [-0.05, 0) is 36.1 Å². The van der Waals surface area contributed by atoms with Crippen LogP contribution >= 0.6 is 0 Å². The molecule has 7 nitrogen and oxygen atoms in total. The molecule has 0 unspecified atom stereocenters. The van der Waals surface area contributed by atoms with Crippen LogP contribution in [-0.4, -0.2) is 44.6 Å². The lowest BCUT2D eigenvalue weighted by molar-refractivity contribution is -0.140. The number of aryl methyl sites for hydroxylation is 1. The maximum atomic E-state index is 13.2. The van der Waals surface area contributed by atoms with Crippen LogP contribution in [0.3, 0.4) is 0 Å². The van der Waals surface area contributed by atoms with Gasteiger partial charge in [-0.3, -0.25) is 19.3 Å². The molecule has 1 N–H and O–H groups in total. The van der Waals surface area contributed by atoms with Gasteiger partial charge >= 0.3 is 0 Å². The molecule has 0 saturated heterocycles. The first-order valence-corrected chi connectivity index (χ1v) is 11.9. The zero-order valence-corrected chi connectivity index (χ0v) is 20.3. The fourth-order valence-corrected chi connectivity index (χ4v) is 4.34. The fraction of sp³-hybridized carbons (Fsp3) is 0.407. The molecule has 3 aromatic rings. The number of rotatable bonds is 7. The fourth-order valence-electron chi connectivity index (χ4n) is 4.34. The third-order valence-corrected chi connectivity index (χ3v) is 6.13. The van der Waals surface area contributed by atoms with E-state index >= 15 is 0 Å². The van der Waals surface area contributed by atoms with Crippen LogP contribution in [0, 0.1) is 5.41 Å². The molecule has 1 aromatic carbocycles. The predicted octanol–water partition coefficient (Wildman–Crippen LogP) is 3.62. The molecular weight excluding hydrogens is 426 g/mol. The number of nitrogens with one attached hydrogen (secondary N) is 1. The first kappa shape index (κ1) is 23.7. The van der Waals surface area contributed by atoms with E-state index in [1.807, 2.05) is 60.7 Å². The highest BCUT2D eigenvalue weighted by Gasteiger charge is 2.34. The highest BCUT2D eigenvalue weighted by Crippen LogP contribution is 2.27. The highest BCUT2D eigenvalue weighted by atomic mass is 16.2. The Morgan fingerprint density at radius 2 is 1.76 bits per heavy atom. The van der Waals surface area contributed by atoms with Crippen molar-refractivity contribution >= 4 is 11.8 Å². The van der Waals surface area contributed by atoms with E-state index in [9.17, 15) is 9.59 Å². The first-order valence-electron chi connectivity index (χ1n) is 11.9. The molecule has 3 heterocycles. The number of hydrogen-bond donors (Lipinski definition) is 1. The topological polar surface area (TPSA) is 80.1 Å². The Hall–Kier alpha value is -3.48. The second-order valence-corrected chi connectivity index (χ2v) is 9.86. The van der Waals surface area contributed by atoms with Crippen LogP contribution in [0.25, 0.3) is 0 Å². The Labute approximate surface area is 201 Å². The summed E-state index contributed by atoms with van der Waals surface area (Å²) in [7, 11) is 0. The van der Waals surface area contributed by atoms with Gasteiger partial charge in [0.1, 0.15) is 0 Å². The van der Waals surface area contributed by atoms with Crippen LogP contribution in [0.2, 0.25) is 0 Å². The molecule has 1 aliphatic rings. The lowest BCUT2D eigenvalue weighted by Gasteiger charge is -2.32. The normalized spacial score (nSPS) is 13.4. The van der Waals surface area contributed by atoms with Crippen molar-refractivity contribution < 1.29 is 9.59 Å². The number of hydrogen-bond acceptors (Lipinski definition) is 4. The second kappa shape index (κ2) is 10.2. The van der Waals surface area contributed by atoms with Gasteiger partial charge in [0.15, 0.2) is 5.69 Å². The third kappa shape index (κ3) is 5.53. The standard InChI is InChI=1S/C27H33N5O2/c1-27(2,3)26(34)31-17-13-23-22(19-31)24(30-32(23)18-21-11-15-28-16-12-21)25(33)29-14-7-10-20-8-5-4-6-9-20/h4-6,8-9,11-12,15-16H,7,10,13-14,17-19H2,1-3H3,(H,29,33). The van der Waals surface area contributed by atoms with Gasteiger partial charge in [-0.15, -0.1) is 0 Å².